The fourth-order valence-electron chi connectivity index (χ4n) is 1.18. The highest BCUT2D eigenvalue weighted by atomic mass is 19.4. The number of rotatable bonds is 2. The summed E-state index contributed by atoms with van der Waals surface area (Å²) in [5, 5.41) is 17.5. The minimum Gasteiger partial charge on any atom is -0.508 e. The number of hydrogen-bond acceptors (Lipinski definition) is 2. The first-order chi connectivity index (χ1) is 6.82. The number of carbonyl (C=O) groups is 1. The van der Waals surface area contributed by atoms with Crippen LogP contribution >= 0.6 is 0 Å². The van der Waals surface area contributed by atoms with Crippen molar-refractivity contribution >= 4 is 5.97 Å². The third-order valence-corrected chi connectivity index (χ3v) is 1.78. The summed E-state index contributed by atoms with van der Waals surface area (Å²) >= 11 is 0. The van der Waals surface area contributed by atoms with Gasteiger partial charge in [0.25, 0.3) is 0 Å². The predicted molar refractivity (Wildman–Crippen MR) is 44.4 cm³/mol. The van der Waals surface area contributed by atoms with E-state index in [1.165, 1.54) is 0 Å². The maximum absolute atomic E-state index is 12.4. The van der Waals surface area contributed by atoms with Crippen LogP contribution in [-0.2, 0) is 17.4 Å². The van der Waals surface area contributed by atoms with Gasteiger partial charge < -0.3 is 10.2 Å². The summed E-state index contributed by atoms with van der Waals surface area (Å²) in [6, 6.07) is 2.77. The number of alkyl halides is 3. The average molecular weight is 220 g/mol. The molecule has 1 aromatic rings. The third-order valence-electron chi connectivity index (χ3n) is 1.78. The Balaban J connectivity index is 3.26. The van der Waals surface area contributed by atoms with Crippen LogP contribution in [0, 0.1) is 0 Å². The Morgan fingerprint density at radius 1 is 1.33 bits per heavy atom. The molecule has 0 spiro atoms. The molecule has 82 valence electrons. The largest absolute Gasteiger partial charge is 0.508 e. The molecule has 6 heteroatoms. The number of carboxylic acids is 1. The Morgan fingerprint density at radius 2 is 1.93 bits per heavy atom. The Kier molecular flexibility index (Phi) is 2.88. The minimum atomic E-state index is -4.66. The molecule has 3 nitrogen and oxygen atoms in total. The highest BCUT2D eigenvalue weighted by Crippen LogP contribution is 2.35. The van der Waals surface area contributed by atoms with Crippen LogP contribution in [0.2, 0.25) is 0 Å². The Hall–Kier alpha value is -1.72. The predicted octanol–water partition coefficient (Wildman–Crippen LogP) is 2.04. The van der Waals surface area contributed by atoms with Crippen LogP contribution in [0.4, 0.5) is 13.2 Å². The van der Waals surface area contributed by atoms with Crippen molar-refractivity contribution in [2.24, 2.45) is 0 Å². The van der Waals surface area contributed by atoms with Crippen molar-refractivity contribution in [3.63, 3.8) is 0 Å². The normalized spacial score (nSPS) is 11.4. The molecule has 0 fully saturated rings. The van der Waals surface area contributed by atoms with E-state index in [4.69, 9.17) is 10.2 Å². The van der Waals surface area contributed by atoms with Gasteiger partial charge in [-0.15, -0.1) is 0 Å². The zero-order chi connectivity index (χ0) is 11.6. The first-order valence-electron chi connectivity index (χ1n) is 3.92. The number of carboxylic acid groups (broad SMARTS) is 1. The third kappa shape index (κ3) is 2.61. The molecule has 1 aromatic carbocycles. The number of benzene rings is 1. The van der Waals surface area contributed by atoms with Crippen LogP contribution in [0.25, 0.3) is 0 Å². The highest BCUT2D eigenvalue weighted by molar-refractivity contribution is 5.72. The van der Waals surface area contributed by atoms with Gasteiger partial charge in [-0.1, -0.05) is 6.07 Å². The molecule has 0 bridgehead atoms. The number of aromatic hydroxyl groups is 1. The maximum Gasteiger partial charge on any atom is 0.416 e. The summed E-state index contributed by atoms with van der Waals surface area (Å²) in [7, 11) is 0. The number of aliphatic carboxylic acids is 1. The molecule has 0 aliphatic heterocycles. The standard InChI is InChI=1S/C9H7F3O3/c10-9(11,12)6-2-1-3-7(13)5(6)4-8(14)15/h1-3,13H,4H2,(H,14,15). The van der Waals surface area contributed by atoms with Gasteiger partial charge >= 0.3 is 12.1 Å². The van der Waals surface area contributed by atoms with Crippen LogP contribution in [0.5, 0.6) is 5.75 Å². The van der Waals surface area contributed by atoms with Gasteiger partial charge in [-0.25, -0.2) is 0 Å². The maximum atomic E-state index is 12.4. The summed E-state index contributed by atoms with van der Waals surface area (Å²) in [5.74, 6) is -2.09. The van der Waals surface area contributed by atoms with Crippen molar-refractivity contribution in [1.29, 1.82) is 0 Å². The van der Waals surface area contributed by atoms with Gasteiger partial charge in [0, 0.05) is 5.56 Å². The van der Waals surface area contributed by atoms with Crippen molar-refractivity contribution < 1.29 is 28.2 Å². The summed E-state index contributed by atoms with van der Waals surface area (Å²) in [5.41, 5.74) is -1.73. The molecule has 0 aliphatic rings. The summed E-state index contributed by atoms with van der Waals surface area (Å²) in [6.07, 6.45) is -5.52. The zero-order valence-corrected chi connectivity index (χ0v) is 7.38. The lowest BCUT2D eigenvalue weighted by molar-refractivity contribution is -0.139. The van der Waals surface area contributed by atoms with Crippen LogP contribution in [0.3, 0.4) is 0 Å². The van der Waals surface area contributed by atoms with E-state index in [0.717, 1.165) is 18.2 Å². The van der Waals surface area contributed by atoms with E-state index in [0.29, 0.717) is 0 Å². The molecular weight excluding hydrogens is 213 g/mol. The van der Waals surface area contributed by atoms with E-state index in [1.54, 1.807) is 0 Å². The van der Waals surface area contributed by atoms with Gasteiger partial charge in [0.05, 0.1) is 12.0 Å². The second-order valence-corrected chi connectivity index (χ2v) is 2.87. The van der Waals surface area contributed by atoms with E-state index in [-0.39, 0.29) is 0 Å². The fourth-order valence-corrected chi connectivity index (χ4v) is 1.18. The van der Waals surface area contributed by atoms with E-state index >= 15 is 0 Å². The van der Waals surface area contributed by atoms with E-state index in [2.05, 4.69) is 0 Å². The quantitative estimate of drug-likeness (QED) is 0.801. The molecule has 0 saturated carbocycles. The average Bonchev–Trinajstić information content (AvgIpc) is 2.05. The van der Waals surface area contributed by atoms with Gasteiger partial charge in [-0.2, -0.15) is 13.2 Å². The second-order valence-electron chi connectivity index (χ2n) is 2.87. The zero-order valence-electron chi connectivity index (χ0n) is 7.38. The van der Waals surface area contributed by atoms with E-state index in [1.807, 2.05) is 0 Å². The second kappa shape index (κ2) is 3.80. The molecule has 2 N–H and O–H groups in total. The minimum absolute atomic E-state index is 0.613. The molecule has 0 aliphatic carbocycles. The van der Waals surface area contributed by atoms with E-state index in [9.17, 15) is 18.0 Å². The molecule has 1 rings (SSSR count). The van der Waals surface area contributed by atoms with Crippen LogP contribution in [0.15, 0.2) is 18.2 Å². The van der Waals surface area contributed by atoms with Gasteiger partial charge in [-0.05, 0) is 12.1 Å². The highest BCUT2D eigenvalue weighted by Gasteiger charge is 2.34. The SMILES string of the molecule is O=C(O)Cc1c(O)cccc1C(F)(F)F. The molecule has 0 saturated heterocycles. The Morgan fingerprint density at radius 3 is 2.40 bits per heavy atom. The number of phenols is 1. The number of halogens is 3. The van der Waals surface area contributed by atoms with Crippen LogP contribution in [0.1, 0.15) is 11.1 Å². The lowest BCUT2D eigenvalue weighted by Crippen LogP contribution is -2.12. The Bertz CT molecular complexity index is 385. The number of hydrogen-bond donors (Lipinski definition) is 2. The Labute approximate surface area is 82.8 Å². The molecule has 0 atom stereocenters. The van der Waals surface area contributed by atoms with Crippen molar-refractivity contribution in [2.45, 2.75) is 12.6 Å². The molecule has 0 heterocycles. The van der Waals surface area contributed by atoms with E-state index < -0.39 is 35.4 Å². The van der Waals surface area contributed by atoms with Crippen LogP contribution in [-0.4, -0.2) is 16.2 Å². The summed E-state index contributed by atoms with van der Waals surface area (Å²) < 4.78 is 37.1. The first-order valence-corrected chi connectivity index (χ1v) is 3.92. The number of phenolic OH excluding ortho intramolecular Hbond substituents is 1. The van der Waals surface area contributed by atoms with Crippen molar-refractivity contribution in [1.82, 2.24) is 0 Å². The summed E-state index contributed by atoms with van der Waals surface area (Å²) in [4.78, 5) is 10.3. The van der Waals surface area contributed by atoms with Gasteiger partial charge in [-0.3, -0.25) is 4.79 Å². The lowest BCUT2D eigenvalue weighted by Gasteiger charge is -2.12. The topological polar surface area (TPSA) is 57.5 Å². The molecule has 0 unspecified atom stereocenters. The fraction of sp³-hybridized carbons (Fsp3) is 0.222. The lowest BCUT2D eigenvalue weighted by atomic mass is 10.0. The van der Waals surface area contributed by atoms with Gasteiger partial charge in [0.1, 0.15) is 5.75 Å². The molecular formula is C9H7F3O3. The summed E-state index contributed by atoms with van der Waals surface area (Å²) in [6.45, 7) is 0. The van der Waals surface area contributed by atoms with Crippen molar-refractivity contribution in [3.8, 4) is 5.75 Å². The molecule has 15 heavy (non-hydrogen) atoms. The smallest absolute Gasteiger partial charge is 0.416 e. The first kappa shape index (κ1) is 11.4. The van der Waals surface area contributed by atoms with Crippen molar-refractivity contribution in [2.75, 3.05) is 0 Å². The monoisotopic (exact) mass is 220 g/mol. The molecule has 0 radical (unpaired) electrons. The van der Waals surface area contributed by atoms with Gasteiger partial charge in [0.15, 0.2) is 0 Å². The van der Waals surface area contributed by atoms with Crippen LogP contribution < -0.4 is 0 Å². The molecule has 0 amide bonds. The van der Waals surface area contributed by atoms with Gasteiger partial charge in [0.2, 0.25) is 0 Å². The molecule has 0 aromatic heterocycles. The van der Waals surface area contributed by atoms with Crippen molar-refractivity contribution in [3.05, 3.63) is 29.3 Å².